The fraction of sp³-hybridized carbons (Fsp3) is 0.782. The van der Waals surface area contributed by atoms with Gasteiger partial charge >= 0.3 is 0 Å². The molecule has 3 aliphatic heterocycles. The molecule has 8 nitrogen and oxygen atoms in total. The molecule has 0 N–H and O–H groups in total. The molecule has 4 aliphatic rings. The van der Waals surface area contributed by atoms with E-state index in [4.69, 9.17) is 0 Å². The van der Waals surface area contributed by atoms with E-state index in [0.29, 0.717) is 24.2 Å². The zero-order valence-corrected chi connectivity index (χ0v) is 42.8. The summed E-state index contributed by atoms with van der Waals surface area (Å²) in [5.41, 5.74) is 5.70. The molecule has 2 aromatic carbocycles. The lowest BCUT2D eigenvalue weighted by Gasteiger charge is -2.47. The Morgan fingerprint density at radius 1 is 0.381 bits per heavy atom. The van der Waals surface area contributed by atoms with E-state index in [2.05, 4.69) is 157 Å². The zero-order valence-electron chi connectivity index (χ0n) is 42.8. The first-order valence-electron chi connectivity index (χ1n) is 26.7. The van der Waals surface area contributed by atoms with Crippen molar-refractivity contribution in [3.63, 3.8) is 0 Å². The van der Waals surface area contributed by atoms with E-state index in [9.17, 15) is 0 Å². The van der Waals surface area contributed by atoms with Crippen LogP contribution >= 0.6 is 0 Å². The van der Waals surface area contributed by atoms with Gasteiger partial charge in [-0.15, -0.1) is 0 Å². The average molecular weight is 871 g/mol. The molecule has 1 unspecified atom stereocenters. The van der Waals surface area contributed by atoms with Crippen LogP contribution in [0.2, 0.25) is 0 Å². The molecule has 2 bridgehead atoms. The first-order valence-corrected chi connectivity index (χ1v) is 26.7. The van der Waals surface area contributed by atoms with Crippen molar-refractivity contribution >= 4 is 0 Å². The van der Waals surface area contributed by atoms with Gasteiger partial charge in [-0.25, -0.2) is 0 Å². The average Bonchev–Trinajstić information content (AvgIpc) is 3.31. The van der Waals surface area contributed by atoms with E-state index in [0.717, 1.165) is 51.1 Å². The van der Waals surface area contributed by atoms with Crippen LogP contribution in [0.4, 0.5) is 0 Å². The topological polar surface area (TPSA) is 25.9 Å². The molecule has 358 valence electrons. The minimum atomic E-state index is 0.582. The molecule has 1 saturated carbocycles. The monoisotopic (exact) mass is 871 g/mol. The largest absolute Gasteiger partial charge is 0.301 e. The van der Waals surface area contributed by atoms with Crippen molar-refractivity contribution in [2.24, 2.45) is 0 Å². The summed E-state index contributed by atoms with van der Waals surface area (Å²) in [6, 6.07) is 22.6. The van der Waals surface area contributed by atoms with Crippen LogP contribution in [0.1, 0.15) is 123 Å². The van der Waals surface area contributed by atoms with Crippen molar-refractivity contribution in [2.75, 3.05) is 118 Å². The summed E-state index contributed by atoms with van der Waals surface area (Å²) in [6.07, 6.45) is 12.0. The highest BCUT2D eigenvalue weighted by atomic mass is 15.3. The molecular formula is C55H98N8. The molecule has 3 heterocycles. The summed E-state index contributed by atoms with van der Waals surface area (Å²) in [5.74, 6) is 0. The van der Waals surface area contributed by atoms with E-state index in [1.54, 1.807) is 0 Å². The number of likely N-dealkylation sites (N-methyl/N-ethyl adjacent to an activating group) is 8. The standard InChI is InChI=1S/C28H50N4.C27H48N4/c1-6-29-18-20-30(7-2)26(22-25-16-14-24(5)15-17-25)23-32(9-4)28-13-11-10-12-27(28)31(8-3)21-19-29;1-6-28-17-18-29(7-2)21-27(19-24-15-13-23(5)14-16-24)30(8-3)22-26-12-10-11-25(20-28)31(26)9-4/h14-17,26-28H,6-13,18-23H2,1-5H3;13-16,25-27H,6-12,17-22H2,1-5H3/t26-,27-,28-;25-,26+,27?/m11/s1. The van der Waals surface area contributed by atoms with Gasteiger partial charge in [-0.3, -0.25) is 24.5 Å². The second kappa shape index (κ2) is 27.7. The normalized spacial score (nSPS) is 28.2. The number of piperidine rings is 1. The van der Waals surface area contributed by atoms with Crippen LogP contribution in [0.5, 0.6) is 0 Å². The quantitative estimate of drug-likeness (QED) is 0.209. The Hall–Kier alpha value is -1.88. The molecule has 63 heavy (non-hydrogen) atoms. The third-order valence-corrected chi connectivity index (χ3v) is 16.2. The second-order valence-corrected chi connectivity index (χ2v) is 19.8. The van der Waals surface area contributed by atoms with Gasteiger partial charge in [0.05, 0.1) is 0 Å². The molecule has 3 saturated heterocycles. The van der Waals surface area contributed by atoms with E-state index in [-0.39, 0.29) is 0 Å². The van der Waals surface area contributed by atoms with Gasteiger partial charge in [-0.2, -0.15) is 0 Å². The third kappa shape index (κ3) is 15.6. The van der Waals surface area contributed by atoms with Gasteiger partial charge in [-0.1, -0.05) is 134 Å². The molecule has 2 aromatic rings. The maximum Gasteiger partial charge on any atom is 0.0264 e. The van der Waals surface area contributed by atoms with Gasteiger partial charge in [0.1, 0.15) is 0 Å². The van der Waals surface area contributed by atoms with Crippen LogP contribution in [0, 0.1) is 13.8 Å². The Labute approximate surface area is 389 Å². The highest BCUT2D eigenvalue weighted by molar-refractivity contribution is 5.23. The lowest BCUT2D eigenvalue weighted by atomic mass is 9.87. The summed E-state index contributed by atoms with van der Waals surface area (Å²) in [4.78, 5) is 22.3. The van der Waals surface area contributed by atoms with Crippen LogP contribution < -0.4 is 0 Å². The van der Waals surface area contributed by atoms with Crippen LogP contribution in [0.3, 0.4) is 0 Å². The number of benzene rings is 2. The molecule has 6 rings (SSSR count). The number of nitrogens with zero attached hydrogens (tertiary/aromatic N) is 8. The summed E-state index contributed by atoms with van der Waals surface area (Å²) in [6.45, 7) is 44.6. The highest BCUT2D eigenvalue weighted by Crippen LogP contribution is 2.29. The molecule has 4 fully saturated rings. The van der Waals surface area contributed by atoms with E-state index in [1.165, 1.54) is 159 Å². The van der Waals surface area contributed by atoms with E-state index in [1.807, 2.05) is 0 Å². The predicted octanol–water partition coefficient (Wildman–Crippen LogP) is 8.65. The van der Waals surface area contributed by atoms with Crippen molar-refractivity contribution in [3.05, 3.63) is 70.8 Å². The van der Waals surface area contributed by atoms with Crippen LogP contribution in [-0.4, -0.2) is 193 Å². The minimum absolute atomic E-state index is 0.582. The minimum Gasteiger partial charge on any atom is -0.301 e. The fourth-order valence-electron chi connectivity index (χ4n) is 12.0. The van der Waals surface area contributed by atoms with Gasteiger partial charge in [-0.05, 0) is 116 Å². The van der Waals surface area contributed by atoms with Crippen molar-refractivity contribution in [1.82, 2.24) is 39.2 Å². The van der Waals surface area contributed by atoms with Crippen LogP contribution in [-0.2, 0) is 12.8 Å². The maximum absolute atomic E-state index is 2.87. The Morgan fingerprint density at radius 2 is 0.825 bits per heavy atom. The lowest BCUT2D eigenvalue weighted by molar-refractivity contribution is 0.0198. The van der Waals surface area contributed by atoms with Crippen molar-refractivity contribution in [1.29, 1.82) is 0 Å². The molecule has 0 spiro atoms. The first-order chi connectivity index (χ1) is 30.7. The summed E-state index contributed by atoms with van der Waals surface area (Å²) < 4.78 is 0. The van der Waals surface area contributed by atoms with Crippen molar-refractivity contribution in [2.45, 2.75) is 163 Å². The molecule has 0 amide bonds. The SMILES string of the molecule is CCN1CCN(CC)C[C@H]2CCC[C@@H](CN(CC)C(Cc3ccc(C)cc3)C1)N2CC.CCN1CCN(CC)[C@H](Cc2ccc(C)cc2)CN(CC)[C@@H]2CCCC[C@H]2N(CC)CC1. The zero-order chi connectivity index (χ0) is 45.1. The van der Waals surface area contributed by atoms with Crippen LogP contribution in [0.25, 0.3) is 0 Å². The van der Waals surface area contributed by atoms with Gasteiger partial charge in [0.2, 0.25) is 0 Å². The molecule has 1 aliphatic carbocycles. The summed E-state index contributed by atoms with van der Waals surface area (Å²) >= 11 is 0. The summed E-state index contributed by atoms with van der Waals surface area (Å²) in [7, 11) is 0. The molecule has 0 radical (unpaired) electrons. The van der Waals surface area contributed by atoms with Crippen molar-refractivity contribution < 1.29 is 0 Å². The Bertz CT molecular complexity index is 1500. The maximum atomic E-state index is 2.87. The molecule has 6 atom stereocenters. The highest BCUT2D eigenvalue weighted by Gasteiger charge is 2.36. The third-order valence-electron chi connectivity index (χ3n) is 16.2. The second-order valence-electron chi connectivity index (χ2n) is 19.8. The number of fused-ring (bicyclic) bond motifs is 3. The smallest absolute Gasteiger partial charge is 0.0264 e. The van der Waals surface area contributed by atoms with E-state index < -0.39 is 0 Å². The molecular weight excluding hydrogens is 773 g/mol. The van der Waals surface area contributed by atoms with Gasteiger partial charge < -0.3 is 14.7 Å². The Balaban J connectivity index is 0.000000238. The predicted molar refractivity (Wildman–Crippen MR) is 273 cm³/mol. The lowest BCUT2D eigenvalue weighted by Crippen LogP contribution is -2.58. The van der Waals surface area contributed by atoms with Crippen LogP contribution in [0.15, 0.2) is 48.5 Å². The number of hydrogen-bond acceptors (Lipinski definition) is 8. The number of aryl methyl sites for hydroxylation is 2. The Morgan fingerprint density at radius 3 is 1.32 bits per heavy atom. The van der Waals surface area contributed by atoms with Gasteiger partial charge in [0, 0.05) is 102 Å². The first kappa shape index (κ1) is 52.1. The van der Waals surface area contributed by atoms with E-state index >= 15 is 0 Å². The number of rotatable bonds is 12. The Kier molecular flexibility index (Phi) is 22.9. The summed E-state index contributed by atoms with van der Waals surface area (Å²) in [5, 5.41) is 0. The molecule has 8 heteroatoms. The molecule has 0 aromatic heterocycles. The van der Waals surface area contributed by atoms with Gasteiger partial charge in [0.15, 0.2) is 0 Å². The van der Waals surface area contributed by atoms with Crippen molar-refractivity contribution in [3.8, 4) is 0 Å². The van der Waals surface area contributed by atoms with Gasteiger partial charge in [0.25, 0.3) is 0 Å². The fourth-order valence-corrected chi connectivity index (χ4v) is 12.0. The number of hydrogen-bond donors (Lipinski definition) is 0.